The van der Waals surface area contributed by atoms with Crippen molar-refractivity contribution >= 4 is 11.9 Å². The third-order valence-electron chi connectivity index (χ3n) is 5.29. The number of carbonyl (C=O) groups is 2. The van der Waals surface area contributed by atoms with Crippen LogP contribution < -0.4 is 51.4 Å². The first-order chi connectivity index (χ1) is 13.1. The third kappa shape index (κ3) is 22.9. The third-order valence-corrected chi connectivity index (χ3v) is 5.29. The molecular formula is C23H46KNO3. The Bertz CT molecular complexity index is 370. The van der Waals surface area contributed by atoms with Crippen molar-refractivity contribution in [3.63, 3.8) is 0 Å². The molecule has 0 unspecified atom stereocenters. The number of carbonyl (C=O) groups excluding carboxylic acids is 1. The van der Waals surface area contributed by atoms with Crippen molar-refractivity contribution in [2.45, 2.75) is 122 Å². The molecule has 0 rings (SSSR count). The molecule has 0 aromatic heterocycles. The van der Waals surface area contributed by atoms with Gasteiger partial charge in [-0.25, -0.2) is 0 Å². The first-order valence-electron chi connectivity index (χ1n) is 11.5. The van der Waals surface area contributed by atoms with Crippen LogP contribution in [-0.2, 0) is 9.59 Å². The van der Waals surface area contributed by atoms with Gasteiger partial charge in [0.15, 0.2) is 0 Å². The fourth-order valence-electron chi connectivity index (χ4n) is 3.48. The minimum absolute atomic E-state index is 0. The van der Waals surface area contributed by atoms with Crippen LogP contribution in [-0.4, -0.2) is 35.5 Å². The van der Waals surface area contributed by atoms with Crippen molar-refractivity contribution in [2.24, 2.45) is 0 Å². The van der Waals surface area contributed by atoms with Crippen LogP contribution >= 0.6 is 0 Å². The molecule has 1 N–H and O–H groups in total. The van der Waals surface area contributed by atoms with E-state index in [2.05, 4.69) is 6.92 Å². The largest absolute Gasteiger partial charge is 1.00 e. The molecule has 0 saturated heterocycles. The molecule has 5 heteroatoms. The molecule has 0 aliphatic heterocycles. The van der Waals surface area contributed by atoms with Crippen molar-refractivity contribution in [3.8, 4) is 0 Å². The zero-order chi connectivity index (χ0) is 20.2. The van der Waals surface area contributed by atoms with Crippen molar-refractivity contribution < 1.29 is 67.5 Å². The fourth-order valence-corrected chi connectivity index (χ4v) is 3.48. The van der Waals surface area contributed by atoms with Crippen LogP contribution in [0.5, 0.6) is 0 Å². The van der Waals surface area contributed by atoms with Crippen LogP contribution in [0.1, 0.15) is 124 Å². The molecule has 0 fully saturated rings. The van der Waals surface area contributed by atoms with Gasteiger partial charge in [0.05, 0.1) is 0 Å². The number of aliphatic carboxylic acids is 1. The summed E-state index contributed by atoms with van der Waals surface area (Å²) in [5.74, 6) is -1.01. The summed E-state index contributed by atoms with van der Waals surface area (Å²) in [5.41, 5.74) is 0. The Hall–Kier alpha value is 0.576. The molecule has 0 aromatic rings. The van der Waals surface area contributed by atoms with Crippen molar-refractivity contribution in [1.29, 1.82) is 0 Å². The van der Waals surface area contributed by atoms with Gasteiger partial charge in [0.2, 0.25) is 5.91 Å². The Morgan fingerprint density at radius 1 is 0.679 bits per heavy atom. The van der Waals surface area contributed by atoms with Crippen molar-refractivity contribution in [1.82, 2.24) is 4.90 Å². The molecule has 4 nitrogen and oxygen atoms in total. The van der Waals surface area contributed by atoms with Gasteiger partial charge in [-0.15, -0.1) is 0 Å². The Kier molecular flexibility index (Phi) is 26.2. The summed E-state index contributed by atoms with van der Waals surface area (Å²) in [5, 5.41) is 8.66. The van der Waals surface area contributed by atoms with Crippen LogP contribution in [0.15, 0.2) is 0 Å². The molecule has 0 atom stereocenters. The quantitative estimate of drug-likeness (QED) is 0.240. The number of likely N-dealkylation sites (N-methyl/N-ethyl adjacent to an activating group) is 1. The molecular weight excluding hydrogens is 377 g/mol. The Morgan fingerprint density at radius 3 is 1.32 bits per heavy atom. The van der Waals surface area contributed by atoms with Crippen LogP contribution in [0.2, 0.25) is 0 Å². The zero-order valence-electron chi connectivity index (χ0n) is 20.1. The van der Waals surface area contributed by atoms with E-state index in [-0.39, 0.29) is 65.3 Å². The molecule has 0 radical (unpaired) electrons. The second-order valence-electron chi connectivity index (χ2n) is 8.05. The average molecular weight is 424 g/mol. The summed E-state index contributed by atoms with van der Waals surface area (Å²) in [6, 6.07) is 0. The predicted octanol–water partition coefficient (Wildman–Crippen LogP) is 3.69. The van der Waals surface area contributed by atoms with Gasteiger partial charge in [0, 0.05) is 13.5 Å². The molecule has 1 amide bonds. The molecule has 0 spiro atoms. The second-order valence-corrected chi connectivity index (χ2v) is 8.05. The Morgan fingerprint density at radius 2 is 1.00 bits per heavy atom. The van der Waals surface area contributed by atoms with Crippen LogP contribution in [0, 0.1) is 0 Å². The van der Waals surface area contributed by atoms with Crippen LogP contribution in [0.25, 0.3) is 0 Å². The van der Waals surface area contributed by atoms with E-state index in [9.17, 15) is 9.59 Å². The molecule has 28 heavy (non-hydrogen) atoms. The maximum absolute atomic E-state index is 11.7. The van der Waals surface area contributed by atoms with Gasteiger partial charge in [0.25, 0.3) is 0 Å². The SMILES string of the molecule is CCCCCCCCCCCCCCCCCCCC(=O)N(C)CC(=O)O.[H-].[K+]. The van der Waals surface area contributed by atoms with E-state index in [4.69, 9.17) is 5.11 Å². The molecule has 162 valence electrons. The normalized spacial score (nSPS) is 10.5. The Labute approximate surface area is 218 Å². The smallest absolute Gasteiger partial charge is 1.00 e. The second kappa shape index (κ2) is 23.9. The minimum atomic E-state index is -0.951. The van der Waals surface area contributed by atoms with Gasteiger partial charge in [-0.2, -0.15) is 0 Å². The van der Waals surface area contributed by atoms with E-state index in [1.807, 2.05) is 0 Å². The standard InChI is InChI=1S/C23H45NO3.K.H/c1-3-4-5-6-7-8-9-10-11-12-13-14-15-16-17-18-19-20-22(25)24(2)21-23(26)27;;/h3-21H2,1-2H3,(H,26,27);;/q;+1;-1. The summed E-state index contributed by atoms with van der Waals surface area (Å²) in [6.07, 6.45) is 23.0. The van der Waals surface area contributed by atoms with E-state index in [1.54, 1.807) is 7.05 Å². The molecule has 0 bridgehead atoms. The first-order valence-corrected chi connectivity index (χ1v) is 11.5. The monoisotopic (exact) mass is 423 g/mol. The van der Waals surface area contributed by atoms with Crippen molar-refractivity contribution in [2.75, 3.05) is 13.6 Å². The Balaban J connectivity index is -0.00000338. The van der Waals surface area contributed by atoms with E-state index in [0.29, 0.717) is 6.42 Å². The molecule has 0 aliphatic carbocycles. The van der Waals surface area contributed by atoms with E-state index < -0.39 is 5.97 Å². The number of hydrogen-bond acceptors (Lipinski definition) is 2. The maximum Gasteiger partial charge on any atom is 1.00 e. The van der Waals surface area contributed by atoms with Gasteiger partial charge in [0.1, 0.15) is 6.54 Å². The minimum Gasteiger partial charge on any atom is -1.00 e. The number of hydrogen-bond donors (Lipinski definition) is 1. The average Bonchev–Trinajstić information content (AvgIpc) is 2.63. The van der Waals surface area contributed by atoms with E-state index in [1.165, 1.54) is 101 Å². The summed E-state index contributed by atoms with van der Waals surface area (Å²) in [7, 11) is 1.56. The summed E-state index contributed by atoms with van der Waals surface area (Å²) in [6.45, 7) is 2.08. The van der Waals surface area contributed by atoms with E-state index >= 15 is 0 Å². The van der Waals surface area contributed by atoms with Gasteiger partial charge in [-0.1, -0.05) is 110 Å². The molecule has 0 aromatic carbocycles. The van der Waals surface area contributed by atoms with Gasteiger partial charge >= 0.3 is 57.4 Å². The maximum atomic E-state index is 11.7. The number of carboxylic acid groups (broad SMARTS) is 1. The first kappa shape index (κ1) is 30.8. The zero-order valence-corrected chi connectivity index (χ0v) is 22.3. The van der Waals surface area contributed by atoms with Crippen LogP contribution in [0.3, 0.4) is 0 Å². The number of carboxylic acids is 1. The predicted molar refractivity (Wildman–Crippen MR) is 115 cm³/mol. The van der Waals surface area contributed by atoms with Crippen molar-refractivity contribution in [3.05, 3.63) is 0 Å². The van der Waals surface area contributed by atoms with Gasteiger partial charge in [-0.05, 0) is 6.42 Å². The number of rotatable bonds is 20. The summed E-state index contributed by atoms with van der Waals surface area (Å²) >= 11 is 0. The molecule has 0 saturated carbocycles. The number of nitrogens with zero attached hydrogens (tertiary/aromatic N) is 1. The fraction of sp³-hybridized carbons (Fsp3) is 0.913. The molecule has 0 aliphatic rings. The number of unbranched alkanes of at least 4 members (excludes halogenated alkanes) is 16. The van der Waals surface area contributed by atoms with E-state index in [0.717, 1.165) is 12.8 Å². The summed E-state index contributed by atoms with van der Waals surface area (Å²) in [4.78, 5) is 23.6. The summed E-state index contributed by atoms with van der Waals surface area (Å²) < 4.78 is 0. The van der Waals surface area contributed by atoms with Gasteiger partial charge < -0.3 is 11.4 Å². The van der Waals surface area contributed by atoms with Crippen LogP contribution in [0.4, 0.5) is 0 Å². The molecule has 0 heterocycles. The topological polar surface area (TPSA) is 57.6 Å². The number of amides is 1. The van der Waals surface area contributed by atoms with Gasteiger partial charge in [-0.3, -0.25) is 9.59 Å².